The van der Waals surface area contributed by atoms with Gasteiger partial charge in [0, 0.05) is 42.5 Å². The number of fused-ring (bicyclic) bond motifs is 3. The Balaban J connectivity index is 1.06. The fourth-order valence-electron chi connectivity index (χ4n) is 8.06. The van der Waals surface area contributed by atoms with Gasteiger partial charge in [0.1, 0.15) is 12.4 Å². The zero-order valence-corrected chi connectivity index (χ0v) is 29.6. The van der Waals surface area contributed by atoms with Crippen LogP contribution < -0.4 is 16.0 Å². The van der Waals surface area contributed by atoms with Crippen molar-refractivity contribution in [3.05, 3.63) is 124 Å². The van der Waals surface area contributed by atoms with Crippen molar-refractivity contribution in [2.24, 2.45) is 5.41 Å². The van der Waals surface area contributed by atoms with Crippen LogP contribution in [0.1, 0.15) is 63.5 Å². The van der Waals surface area contributed by atoms with Gasteiger partial charge in [-0.15, -0.1) is 0 Å². The van der Waals surface area contributed by atoms with Crippen LogP contribution in [0, 0.1) is 5.41 Å². The van der Waals surface area contributed by atoms with Gasteiger partial charge in [-0.1, -0.05) is 55.5 Å². The number of carboxylic acid groups (broad SMARTS) is 1. The third kappa shape index (κ3) is 6.93. The van der Waals surface area contributed by atoms with Gasteiger partial charge in [-0.3, -0.25) is 19.3 Å². The lowest BCUT2D eigenvalue weighted by molar-refractivity contribution is -0.146. The van der Waals surface area contributed by atoms with Crippen molar-refractivity contribution in [3.63, 3.8) is 0 Å². The highest BCUT2D eigenvalue weighted by molar-refractivity contribution is 6.06. The molecule has 3 amide bonds. The van der Waals surface area contributed by atoms with Crippen LogP contribution in [0.2, 0.25) is 0 Å². The molecule has 3 heterocycles. The summed E-state index contributed by atoms with van der Waals surface area (Å²) in [5.74, 6) is -0.752. The van der Waals surface area contributed by atoms with E-state index in [1.54, 1.807) is 29.3 Å². The molecule has 11 nitrogen and oxygen atoms in total. The number of likely N-dealkylation sites (tertiary alicyclic amines) is 1. The van der Waals surface area contributed by atoms with E-state index in [1.165, 1.54) is 0 Å². The van der Waals surface area contributed by atoms with Crippen LogP contribution in [-0.2, 0) is 52.3 Å². The number of aromatic nitrogens is 1. The fraction of sp³-hybridized carbons (Fsp3) is 0.341. The SMILES string of the molecule is CNCc1ccccc1CN(CC(=O)Nc1ccc2c(c1)C[C@@]1(C2)C(=O)Nc2ncccc21)C(=O)C1(C)CCN(Cc2cccc(C(=O)O)c2)CC1. The van der Waals surface area contributed by atoms with Crippen LogP contribution in [0.3, 0.4) is 0 Å². The standard InChI is InChI=1S/C41H44N6O5/c1-40(14-17-46(18-15-40)24-27-7-5-10-28(19-27)37(49)50)39(52)47(25-31-9-4-3-8-30(31)23-42-2)26-35(48)44-33-13-12-29-21-41(22-32(29)20-33)34-11-6-16-43-36(34)45-38(41)51/h3-13,16,19-20,42H,14-15,17-18,21-26H2,1-2H3,(H,44,48)(H,49,50)(H,43,45,51)/t41-/m1/s1. The third-order valence-electron chi connectivity index (χ3n) is 11.0. The smallest absolute Gasteiger partial charge is 0.335 e. The minimum absolute atomic E-state index is 0.0533. The molecule has 3 aromatic carbocycles. The van der Waals surface area contributed by atoms with Crippen LogP contribution in [0.25, 0.3) is 0 Å². The van der Waals surface area contributed by atoms with Crippen molar-refractivity contribution in [1.29, 1.82) is 0 Å². The number of hydrogen-bond donors (Lipinski definition) is 4. The molecule has 1 aromatic heterocycles. The summed E-state index contributed by atoms with van der Waals surface area (Å²) < 4.78 is 0. The maximum absolute atomic E-state index is 14.5. The van der Waals surface area contributed by atoms with Gasteiger partial charge in [-0.25, -0.2) is 9.78 Å². The zero-order chi connectivity index (χ0) is 36.5. The molecule has 52 heavy (non-hydrogen) atoms. The molecule has 1 fully saturated rings. The minimum atomic E-state index is -0.953. The summed E-state index contributed by atoms with van der Waals surface area (Å²) in [6.45, 7) is 4.75. The molecule has 0 bridgehead atoms. The Hall–Kier alpha value is -5.39. The molecular formula is C41H44N6O5. The number of piperidine rings is 1. The minimum Gasteiger partial charge on any atom is -0.478 e. The largest absolute Gasteiger partial charge is 0.478 e. The Kier molecular flexibility index (Phi) is 9.65. The normalized spacial score (nSPS) is 18.8. The second-order valence-corrected chi connectivity index (χ2v) is 14.6. The van der Waals surface area contributed by atoms with E-state index in [0.717, 1.165) is 33.4 Å². The molecule has 1 spiro atoms. The second-order valence-electron chi connectivity index (χ2n) is 14.6. The molecule has 3 aliphatic rings. The predicted octanol–water partition coefficient (Wildman–Crippen LogP) is 4.76. The number of rotatable bonds is 11. The molecule has 4 aromatic rings. The monoisotopic (exact) mass is 700 g/mol. The molecule has 4 N–H and O–H groups in total. The highest BCUT2D eigenvalue weighted by atomic mass is 16.4. The Labute approximate surface area is 303 Å². The van der Waals surface area contributed by atoms with Crippen molar-refractivity contribution in [2.45, 2.75) is 57.7 Å². The van der Waals surface area contributed by atoms with Crippen molar-refractivity contribution in [1.82, 2.24) is 20.1 Å². The van der Waals surface area contributed by atoms with Crippen molar-refractivity contribution in [2.75, 3.05) is 37.3 Å². The Bertz CT molecular complexity index is 2040. The van der Waals surface area contributed by atoms with Gasteiger partial charge in [0.05, 0.1) is 11.0 Å². The van der Waals surface area contributed by atoms with Crippen molar-refractivity contribution < 1.29 is 24.3 Å². The number of carbonyl (C=O) groups excluding carboxylic acids is 3. The number of pyridine rings is 1. The summed E-state index contributed by atoms with van der Waals surface area (Å²) in [5.41, 5.74) is 5.44. The third-order valence-corrected chi connectivity index (χ3v) is 11.0. The maximum atomic E-state index is 14.5. The van der Waals surface area contributed by atoms with E-state index in [-0.39, 0.29) is 29.8 Å². The summed E-state index contributed by atoms with van der Waals surface area (Å²) in [6.07, 6.45) is 3.99. The van der Waals surface area contributed by atoms with Crippen LogP contribution in [0.4, 0.5) is 11.5 Å². The summed E-state index contributed by atoms with van der Waals surface area (Å²) in [6, 6.07) is 24.5. The van der Waals surface area contributed by atoms with Gasteiger partial charge in [0.25, 0.3) is 0 Å². The summed E-state index contributed by atoms with van der Waals surface area (Å²) in [4.78, 5) is 61.2. The highest BCUT2D eigenvalue weighted by Crippen LogP contribution is 2.47. The first kappa shape index (κ1) is 35.0. The highest BCUT2D eigenvalue weighted by Gasteiger charge is 2.51. The molecule has 7 rings (SSSR count). The van der Waals surface area contributed by atoms with Gasteiger partial charge < -0.3 is 26.0 Å². The van der Waals surface area contributed by atoms with E-state index in [1.807, 2.05) is 74.6 Å². The second kappa shape index (κ2) is 14.3. The number of carboxylic acids is 1. The number of anilines is 2. The van der Waals surface area contributed by atoms with Gasteiger partial charge in [0.15, 0.2) is 0 Å². The van der Waals surface area contributed by atoms with Crippen LogP contribution in [0.15, 0.2) is 85.1 Å². The predicted molar refractivity (Wildman–Crippen MR) is 198 cm³/mol. The number of hydrogen-bond acceptors (Lipinski definition) is 7. The van der Waals surface area contributed by atoms with Gasteiger partial charge >= 0.3 is 5.97 Å². The van der Waals surface area contributed by atoms with Crippen molar-refractivity contribution >= 4 is 35.2 Å². The fourth-order valence-corrected chi connectivity index (χ4v) is 8.06. The average Bonchev–Trinajstić information content (AvgIpc) is 3.65. The molecule has 1 saturated heterocycles. The zero-order valence-electron chi connectivity index (χ0n) is 29.6. The summed E-state index contributed by atoms with van der Waals surface area (Å²) >= 11 is 0. The molecular weight excluding hydrogens is 656 g/mol. The lowest BCUT2D eigenvalue weighted by Gasteiger charge is -2.41. The summed E-state index contributed by atoms with van der Waals surface area (Å²) in [5, 5.41) is 18.6. The van der Waals surface area contributed by atoms with Crippen LogP contribution in [-0.4, -0.2) is 70.3 Å². The molecule has 11 heteroatoms. The summed E-state index contributed by atoms with van der Waals surface area (Å²) in [7, 11) is 1.88. The first-order valence-corrected chi connectivity index (χ1v) is 17.8. The molecule has 2 aliphatic heterocycles. The van der Waals surface area contributed by atoms with Crippen LogP contribution >= 0.6 is 0 Å². The number of aromatic carboxylic acids is 1. The van der Waals surface area contributed by atoms with E-state index >= 15 is 0 Å². The first-order valence-electron chi connectivity index (χ1n) is 17.8. The first-order chi connectivity index (χ1) is 25.1. The van der Waals surface area contributed by atoms with E-state index in [2.05, 4.69) is 25.8 Å². The average molecular weight is 701 g/mol. The number of amides is 3. The Morgan fingerprint density at radius 2 is 1.71 bits per heavy atom. The van der Waals surface area contributed by atoms with Gasteiger partial charge in [-0.05, 0) is 104 Å². The molecule has 0 radical (unpaired) electrons. The van der Waals surface area contributed by atoms with Gasteiger partial charge in [-0.2, -0.15) is 0 Å². The Morgan fingerprint density at radius 1 is 0.942 bits per heavy atom. The number of benzene rings is 3. The lowest BCUT2D eigenvalue weighted by atomic mass is 9.78. The Morgan fingerprint density at radius 3 is 2.48 bits per heavy atom. The van der Waals surface area contributed by atoms with Gasteiger partial charge in [0.2, 0.25) is 17.7 Å². The topological polar surface area (TPSA) is 144 Å². The molecule has 0 saturated carbocycles. The molecule has 268 valence electrons. The number of carbonyl (C=O) groups is 4. The molecule has 1 atom stereocenters. The maximum Gasteiger partial charge on any atom is 0.335 e. The molecule has 1 aliphatic carbocycles. The quantitative estimate of drug-likeness (QED) is 0.176. The van der Waals surface area contributed by atoms with E-state index in [4.69, 9.17) is 0 Å². The van der Waals surface area contributed by atoms with E-state index < -0.39 is 16.8 Å². The van der Waals surface area contributed by atoms with E-state index in [9.17, 15) is 24.3 Å². The van der Waals surface area contributed by atoms with Crippen molar-refractivity contribution in [3.8, 4) is 0 Å². The lowest BCUT2D eigenvalue weighted by Crippen LogP contribution is -2.50. The molecule has 0 unspecified atom stereocenters. The number of nitrogens with one attached hydrogen (secondary N) is 3. The van der Waals surface area contributed by atoms with E-state index in [0.29, 0.717) is 69.9 Å². The van der Waals surface area contributed by atoms with Crippen LogP contribution in [0.5, 0.6) is 0 Å². The number of nitrogens with zero attached hydrogens (tertiary/aromatic N) is 3.